The van der Waals surface area contributed by atoms with Gasteiger partial charge in [-0.2, -0.15) is 0 Å². The van der Waals surface area contributed by atoms with Crippen LogP contribution in [0.5, 0.6) is 0 Å². The molecule has 0 aliphatic heterocycles. The lowest BCUT2D eigenvalue weighted by molar-refractivity contribution is -0.152. The number of carbonyl (C=O) groups excluding carboxylic acids is 6. The molecule has 0 atom stereocenters. The Morgan fingerprint density at radius 2 is 0.667 bits per heavy atom. The van der Waals surface area contributed by atoms with Gasteiger partial charge in [0, 0.05) is 63.6 Å². The van der Waals surface area contributed by atoms with Gasteiger partial charge in [-0.15, -0.1) is 0 Å². The summed E-state index contributed by atoms with van der Waals surface area (Å²) in [7, 11) is 0. The van der Waals surface area contributed by atoms with E-state index in [4.69, 9.17) is 28.4 Å². The van der Waals surface area contributed by atoms with E-state index in [0.717, 1.165) is 24.3 Å². The van der Waals surface area contributed by atoms with Crippen LogP contribution in [0.4, 0.5) is 0 Å². The van der Waals surface area contributed by atoms with Crippen molar-refractivity contribution in [2.75, 3.05) is 78.9 Å². The quantitative estimate of drug-likeness (QED) is 0.0614. The van der Waals surface area contributed by atoms with Crippen molar-refractivity contribution in [3.63, 3.8) is 0 Å². The predicted molar refractivity (Wildman–Crippen MR) is 149 cm³/mol. The second-order valence-corrected chi connectivity index (χ2v) is 8.11. The Labute approximate surface area is 245 Å². The molecule has 0 fully saturated rings. The summed E-state index contributed by atoms with van der Waals surface area (Å²) in [5.41, 5.74) is 0. The summed E-state index contributed by atoms with van der Waals surface area (Å²) < 4.78 is 30.0. The third-order valence-electron chi connectivity index (χ3n) is 5.15. The Morgan fingerprint density at radius 3 is 0.905 bits per heavy atom. The second kappa shape index (κ2) is 24.5. The first-order chi connectivity index (χ1) is 20.1. The van der Waals surface area contributed by atoms with Crippen LogP contribution in [-0.4, -0.2) is 125 Å². The summed E-state index contributed by atoms with van der Waals surface area (Å²) >= 11 is 0. The van der Waals surface area contributed by atoms with Crippen LogP contribution in [0.1, 0.15) is 12.8 Å². The van der Waals surface area contributed by atoms with Crippen LogP contribution in [0, 0.1) is 0 Å². The topological polar surface area (TPSA) is 164 Å². The SMILES string of the molecule is C=CC(=O)OCCN(CCOC(=O)C=C)CCC(=O)OCCOC(=O)CCN(CCOC(=O)C=C)CCOC(=O)C=C. The maximum Gasteiger partial charge on any atom is 0.330 e. The van der Waals surface area contributed by atoms with Gasteiger partial charge in [-0.1, -0.05) is 26.3 Å². The zero-order chi connectivity index (χ0) is 31.6. The van der Waals surface area contributed by atoms with E-state index in [9.17, 15) is 28.8 Å². The maximum absolute atomic E-state index is 12.1. The highest BCUT2D eigenvalue weighted by Gasteiger charge is 2.13. The molecule has 0 heterocycles. The average molecular weight is 597 g/mol. The summed E-state index contributed by atoms with van der Waals surface area (Å²) in [5, 5.41) is 0. The van der Waals surface area contributed by atoms with Gasteiger partial charge < -0.3 is 28.4 Å². The van der Waals surface area contributed by atoms with E-state index in [1.807, 2.05) is 0 Å². The lowest BCUT2D eigenvalue weighted by atomic mass is 10.3. The Hall–Kier alpha value is -4.30. The molecule has 0 aromatic rings. The highest BCUT2D eigenvalue weighted by Crippen LogP contribution is 1.99. The highest BCUT2D eigenvalue weighted by molar-refractivity contribution is 5.82. The highest BCUT2D eigenvalue weighted by atomic mass is 16.6. The fourth-order valence-electron chi connectivity index (χ4n) is 2.96. The van der Waals surface area contributed by atoms with E-state index in [0.29, 0.717) is 0 Å². The molecule has 0 saturated carbocycles. The normalized spacial score (nSPS) is 10.2. The summed E-state index contributed by atoms with van der Waals surface area (Å²) in [6.07, 6.45) is 4.10. The maximum atomic E-state index is 12.1. The molecular formula is C28H40N2O12. The Bertz CT molecular complexity index is 808. The third kappa shape index (κ3) is 21.5. The summed E-state index contributed by atoms with van der Waals surface area (Å²) in [5.74, 6) is -3.43. The van der Waals surface area contributed by atoms with Gasteiger partial charge >= 0.3 is 35.8 Å². The standard InChI is InChI=1S/C28H40N2O12/c1-5-23(31)37-17-13-29(14-18-38-24(32)6-2)11-9-27(35)41-21-22-42-28(36)10-12-30(15-19-39-25(33)7-3)16-20-40-26(34)8-4/h5-8H,1-4,9-22H2. The molecule has 0 N–H and O–H groups in total. The molecule has 0 aliphatic carbocycles. The molecule has 0 aliphatic rings. The average Bonchev–Trinajstić information content (AvgIpc) is 2.99. The minimum Gasteiger partial charge on any atom is -0.462 e. The number of esters is 6. The molecule has 0 rings (SSSR count). The van der Waals surface area contributed by atoms with E-state index < -0.39 is 35.8 Å². The molecule has 0 aromatic carbocycles. The van der Waals surface area contributed by atoms with Crippen LogP contribution < -0.4 is 0 Å². The summed E-state index contributed by atoms with van der Waals surface area (Å²) in [6, 6.07) is 0. The lowest BCUT2D eigenvalue weighted by Crippen LogP contribution is -2.34. The van der Waals surface area contributed by atoms with Crippen LogP contribution >= 0.6 is 0 Å². The largest absolute Gasteiger partial charge is 0.462 e. The molecular weight excluding hydrogens is 556 g/mol. The fraction of sp³-hybridized carbons (Fsp3) is 0.500. The van der Waals surface area contributed by atoms with Gasteiger partial charge in [0.1, 0.15) is 39.6 Å². The smallest absolute Gasteiger partial charge is 0.330 e. The Morgan fingerprint density at radius 1 is 0.405 bits per heavy atom. The third-order valence-corrected chi connectivity index (χ3v) is 5.15. The number of rotatable bonds is 25. The summed E-state index contributed by atoms with van der Waals surface area (Å²) in [6.45, 7) is 14.7. The zero-order valence-corrected chi connectivity index (χ0v) is 23.8. The van der Waals surface area contributed by atoms with Gasteiger partial charge in [-0.25, -0.2) is 19.2 Å². The number of hydrogen-bond donors (Lipinski definition) is 0. The Balaban J connectivity index is 4.44. The van der Waals surface area contributed by atoms with Crippen LogP contribution in [0.15, 0.2) is 50.6 Å². The number of hydrogen-bond acceptors (Lipinski definition) is 14. The number of carbonyl (C=O) groups is 6. The molecule has 0 amide bonds. The number of ether oxygens (including phenoxy) is 6. The molecule has 0 unspecified atom stereocenters. The molecule has 0 radical (unpaired) electrons. The molecule has 14 heteroatoms. The van der Waals surface area contributed by atoms with Crippen molar-refractivity contribution in [3.8, 4) is 0 Å². The van der Waals surface area contributed by atoms with E-state index in [1.54, 1.807) is 9.80 Å². The number of nitrogens with zero attached hydrogens (tertiary/aromatic N) is 2. The van der Waals surface area contributed by atoms with Gasteiger partial charge in [0.2, 0.25) is 0 Å². The van der Waals surface area contributed by atoms with Crippen molar-refractivity contribution >= 4 is 35.8 Å². The molecule has 234 valence electrons. The lowest BCUT2D eigenvalue weighted by Gasteiger charge is -2.21. The van der Waals surface area contributed by atoms with Crippen molar-refractivity contribution in [3.05, 3.63) is 50.6 Å². The molecule has 0 bridgehead atoms. The molecule has 0 aromatic heterocycles. The van der Waals surface area contributed by atoms with Gasteiger partial charge in [-0.3, -0.25) is 19.4 Å². The second-order valence-electron chi connectivity index (χ2n) is 8.11. The van der Waals surface area contributed by atoms with E-state index in [-0.39, 0.29) is 91.8 Å². The minimum absolute atomic E-state index is 0.0133. The van der Waals surface area contributed by atoms with Crippen LogP contribution in [0.25, 0.3) is 0 Å². The van der Waals surface area contributed by atoms with E-state index >= 15 is 0 Å². The summed E-state index contributed by atoms with van der Waals surface area (Å²) in [4.78, 5) is 72.7. The molecule has 42 heavy (non-hydrogen) atoms. The molecule has 0 saturated heterocycles. The van der Waals surface area contributed by atoms with Gasteiger partial charge in [0.05, 0.1) is 12.8 Å². The van der Waals surface area contributed by atoms with Crippen LogP contribution in [0.2, 0.25) is 0 Å². The first-order valence-electron chi connectivity index (χ1n) is 13.1. The van der Waals surface area contributed by atoms with Gasteiger partial charge in [0.25, 0.3) is 0 Å². The first kappa shape index (κ1) is 37.7. The Kier molecular flexibility index (Phi) is 22.0. The molecule has 14 nitrogen and oxygen atoms in total. The van der Waals surface area contributed by atoms with Crippen LogP contribution in [0.3, 0.4) is 0 Å². The van der Waals surface area contributed by atoms with E-state index in [2.05, 4.69) is 26.3 Å². The fourth-order valence-corrected chi connectivity index (χ4v) is 2.96. The molecule has 0 spiro atoms. The van der Waals surface area contributed by atoms with Crippen molar-refractivity contribution in [2.24, 2.45) is 0 Å². The van der Waals surface area contributed by atoms with Crippen LogP contribution in [-0.2, 0) is 57.2 Å². The van der Waals surface area contributed by atoms with Gasteiger partial charge in [-0.05, 0) is 0 Å². The van der Waals surface area contributed by atoms with Crippen molar-refractivity contribution in [2.45, 2.75) is 12.8 Å². The van der Waals surface area contributed by atoms with Crippen molar-refractivity contribution < 1.29 is 57.2 Å². The van der Waals surface area contributed by atoms with E-state index in [1.165, 1.54) is 0 Å². The van der Waals surface area contributed by atoms with Crippen molar-refractivity contribution in [1.82, 2.24) is 9.80 Å². The van der Waals surface area contributed by atoms with Gasteiger partial charge in [0.15, 0.2) is 0 Å². The zero-order valence-electron chi connectivity index (χ0n) is 23.8. The predicted octanol–water partition coefficient (Wildman–Crippen LogP) is 0.374. The first-order valence-corrected chi connectivity index (χ1v) is 13.1. The van der Waals surface area contributed by atoms with Crippen molar-refractivity contribution in [1.29, 1.82) is 0 Å². The monoisotopic (exact) mass is 596 g/mol. The minimum atomic E-state index is -0.585.